The van der Waals surface area contributed by atoms with Gasteiger partial charge in [-0.1, -0.05) is 39.0 Å². The van der Waals surface area contributed by atoms with Crippen molar-refractivity contribution >= 4 is 0 Å². The highest BCUT2D eigenvalue weighted by Crippen LogP contribution is 2.36. The Morgan fingerprint density at radius 2 is 1.93 bits per heavy atom. The summed E-state index contributed by atoms with van der Waals surface area (Å²) in [6.45, 7) is 3.63. The standard InChI is InChI=1S/C13H25N/c1-2-13(9-6-10-14-13)11-12-7-4-3-5-8-12/h12,14H,2-11H2,1H3. The molecule has 1 saturated heterocycles. The summed E-state index contributed by atoms with van der Waals surface area (Å²) >= 11 is 0. The van der Waals surface area contributed by atoms with Crippen molar-refractivity contribution in [2.24, 2.45) is 5.92 Å². The molecule has 2 fully saturated rings. The van der Waals surface area contributed by atoms with Crippen molar-refractivity contribution < 1.29 is 0 Å². The van der Waals surface area contributed by atoms with Gasteiger partial charge in [0.2, 0.25) is 0 Å². The number of hydrogen-bond donors (Lipinski definition) is 1. The molecule has 0 aromatic rings. The van der Waals surface area contributed by atoms with Gasteiger partial charge in [-0.2, -0.15) is 0 Å². The molecule has 1 aliphatic heterocycles. The molecule has 1 atom stereocenters. The Labute approximate surface area is 88.7 Å². The molecule has 1 unspecified atom stereocenters. The first-order valence-electron chi connectivity index (χ1n) is 6.60. The third-order valence-corrected chi connectivity index (χ3v) is 4.41. The molecule has 14 heavy (non-hydrogen) atoms. The van der Waals surface area contributed by atoms with Crippen LogP contribution < -0.4 is 5.32 Å². The summed E-state index contributed by atoms with van der Waals surface area (Å²) in [6.07, 6.45) is 13.1. The van der Waals surface area contributed by atoms with Gasteiger partial charge in [-0.05, 0) is 38.1 Å². The Morgan fingerprint density at radius 1 is 1.14 bits per heavy atom. The molecular weight excluding hydrogens is 170 g/mol. The van der Waals surface area contributed by atoms with E-state index < -0.39 is 0 Å². The van der Waals surface area contributed by atoms with Crippen molar-refractivity contribution in [2.75, 3.05) is 6.54 Å². The second-order valence-electron chi connectivity index (χ2n) is 5.37. The Hall–Kier alpha value is -0.0400. The van der Waals surface area contributed by atoms with E-state index in [-0.39, 0.29) is 0 Å². The second-order valence-corrected chi connectivity index (χ2v) is 5.37. The van der Waals surface area contributed by atoms with E-state index in [4.69, 9.17) is 0 Å². The summed E-state index contributed by atoms with van der Waals surface area (Å²) in [6, 6.07) is 0. The van der Waals surface area contributed by atoms with E-state index in [1.807, 2.05) is 0 Å². The Kier molecular flexibility index (Phi) is 3.48. The minimum absolute atomic E-state index is 0.544. The molecule has 0 aromatic carbocycles. The van der Waals surface area contributed by atoms with Crippen LogP contribution in [-0.4, -0.2) is 12.1 Å². The number of rotatable bonds is 3. The third kappa shape index (κ3) is 2.31. The van der Waals surface area contributed by atoms with E-state index >= 15 is 0 Å². The first kappa shape index (κ1) is 10.5. The SMILES string of the molecule is CCC1(CC2CCCCC2)CCCN1. The minimum Gasteiger partial charge on any atom is -0.311 e. The lowest BCUT2D eigenvalue weighted by molar-refractivity contribution is 0.231. The van der Waals surface area contributed by atoms with E-state index in [9.17, 15) is 0 Å². The summed E-state index contributed by atoms with van der Waals surface area (Å²) in [4.78, 5) is 0. The van der Waals surface area contributed by atoms with Crippen LogP contribution in [0.2, 0.25) is 0 Å². The van der Waals surface area contributed by atoms with Crippen molar-refractivity contribution in [1.29, 1.82) is 0 Å². The zero-order valence-electron chi connectivity index (χ0n) is 9.65. The van der Waals surface area contributed by atoms with Crippen LogP contribution in [0.25, 0.3) is 0 Å². The van der Waals surface area contributed by atoms with E-state index in [1.54, 1.807) is 0 Å². The zero-order chi connectivity index (χ0) is 9.86. The van der Waals surface area contributed by atoms with E-state index in [0.29, 0.717) is 5.54 Å². The van der Waals surface area contributed by atoms with Gasteiger partial charge in [-0.3, -0.25) is 0 Å². The molecule has 0 radical (unpaired) electrons. The minimum atomic E-state index is 0.544. The maximum Gasteiger partial charge on any atom is 0.0182 e. The number of hydrogen-bond acceptors (Lipinski definition) is 1. The fourth-order valence-corrected chi connectivity index (χ4v) is 3.43. The molecule has 0 bridgehead atoms. The van der Waals surface area contributed by atoms with Crippen LogP contribution in [0, 0.1) is 5.92 Å². The molecule has 1 nitrogen and oxygen atoms in total. The lowest BCUT2D eigenvalue weighted by atomic mass is 9.77. The van der Waals surface area contributed by atoms with E-state index in [2.05, 4.69) is 12.2 Å². The van der Waals surface area contributed by atoms with E-state index in [0.717, 1.165) is 5.92 Å². The van der Waals surface area contributed by atoms with Crippen LogP contribution in [0.5, 0.6) is 0 Å². The first-order chi connectivity index (χ1) is 6.85. The normalized spacial score (nSPS) is 34.9. The average molecular weight is 195 g/mol. The molecule has 0 amide bonds. The Balaban J connectivity index is 1.86. The van der Waals surface area contributed by atoms with Crippen molar-refractivity contribution in [3.05, 3.63) is 0 Å². The Morgan fingerprint density at radius 3 is 2.50 bits per heavy atom. The van der Waals surface area contributed by atoms with Crippen LogP contribution in [0.15, 0.2) is 0 Å². The maximum absolute atomic E-state index is 3.77. The smallest absolute Gasteiger partial charge is 0.0182 e. The van der Waals surface area contributed by atoms with Crippen molar-refractivity contribution in [3.8, 4) is 0 Å². The molecule has 1 aliphatic carbocycles. The Bertz CT molecular complexity index is 164. The van der Waals surface area contributed by atoms with Gasteiger partial charge in [-0.15, -0.1) is 0 Å². The van der Waals surface area contributed by atoms with Gasteiger partial charge in [-0.25, -0.2) is 0 Å². The summed E-state index contributed by atoms with van der Waals surface area (Å²) in [5.41, 5.74) is 0.544. The molecule has 0 aromatic heterocycles. The number of nitrogens with one attached hydrogen (secondary N) is 1. The van der Waals surface area contributed by atoms with Gasteiger partial charge >= 0.3 is 0 Å². The van der Waals surface area contributed by atoms with Gasteiger partial charge < -0.3 is 5.32 Å². The summed E-state index contributed by atoms with van der Waals surface area (Å²) in [5.74, 6) is 1.04. The van der Waals surface area contributed by atoms with Gasteiger partial charge in [0.05, 0.1) is 0 Å². The fourth-order valence-electron chi connectivity index (χ4n) is 3.43. The quantitative estimate of drug-likeness (QED) is 0.727. The maximum atomic E-state index is 3.77. The molecule has 0 spiro atoms. The van der Waals surface area contributed by atoms with Crippen LogP contribution in [0.4, 0.5) is 0 Å². The average Bonchev–Trinajstić information content (AvgIpc) is 2.69. The van der Waals surface area contributed by atoms with Crippen LogP contribution in [0.1, 0.15) is 64.7 Å². The highest BCUT2D eigenvalue weighted by molar-refractivity contribution is 4.93. The first-order valence-corrected chi connectivity index (χ1v) is 6.60. The molecule has 1 saturated carbocycles. The lowest BCUT2D eigenvalue weighted by Gasteiger charge is -2.34. The van der Waals surface area contributed by atoms with Crippen molar-refractivity contribution in [2.45, 2.75) is 70.3 Å². The van der Waals surface area contributed by atoms with Crippen LogP contribution in [0.3, 0.4) is 0 Å². The lowest BCUT2D eigenvalue weighted by Crippen LogP contribution is -2.41. The van der Waals surface area contributed by atoms with Crippen molar-refractivity contribution in [1.82, 2.24) is 5.32 Å². The topological polar surface area (TPSA) is 12.0 Å². The zero-order valence-corrected chi connectivity index (χ0v) is 9.65. The largest absolute Gasteiger partial charge is 0.311 e. The molecular formula is C13H25N. The van der Waals surface area contributed by atoms with Gasteiger partial charge in [0, 0.05) is 5.54 Å². The summed E-state index contributed by atoms with van der Waals surface area (Å²) < 4.78 is 0. The molecule has 2 aliphatic rings. The van der Waals surface area contributed by atoms with Gasteiger partial charge in [0.25, 0.3) is 0 Å². The van der Waals surface area contributed by atoms with Crippen molar-refractivity contribution in [3.63, 3.8) is 0 Å². The predicted octanol–water partition coefficient (Wildman–Crippen LogP) is 3.49. The molecule has 2 rings (SSSR count). The highest BCUT2D eigenvalue weighted by Gasteiger charge is 2.34. The van der Waals surface area contributed by atoms with Crippen LogP contribution >= 0.6 is 0 Å². The predicted molar refractivity (Wildman–Crippen MR) is 61.5 cm³/mol. The summed E-state index contributed by atoms with van der Waals surface area (Å²) in [5, 5.41) is 3.77. The third-order valence-electron chi connectivity index (χ3n) is 4.41. The van der Waals surface area contributed by atoms with Gasteiger partial charge in [0.1, 0.15) is 0 Å². The van der Waals surface area contributed by atoms with Crippen LogP contribution in [-0.2, 0) is 0 Å². The highest BCUT2D eigenvalue weighted by atomic mass is 15.0. The second kappa shape index (κ2) is 4.65. The van der Waals surface area contributed by atoms with E-state index in [1.165, 1.54) is 64.3 Å². The molecule has 1 heteroatoms. The molecule has 82 valence electrons. The van der Waals surface area contributed by atoms with Gasteiger partial charge in [0.15, 0.2) is 0 Å². The summed E-state index contributed by atoms with van der Waals surface area (Å²) in [7, 11) is 0. The molecule has 1 N–H and O–H groups in total. The molecule has 1 heterocycles. The monoisotopic (exact) mass is 195 g/mol. The fraction of sp³-hybridized carbons (Fsp3) is 1.00.